The van der Waals surface area contributed by atoms with E-state index in [4.69, 9.17) is 19.2 Å². The summed E-state index contributed by atoms with van der Waals surface area (Å²) in [5.74, 6) is 0.883. The van der Waals surface area contributed by atoms with Gasteiger partial charge in [0.2, 0.25) is 0 Å². The van der Waals surface area contributed by atoms with Crippen LogP contribution in [0.5, 0.6) is 0 Å². The van der Waals surface area contributed by atoms with E-state index < -0.39 is 0 Å². The Hall–Kier alpha value is -0.900. The molecule has 2 fully saturated rings. The molecule has 29 heavy (non-hydrogen) atoms. The van der Waals surface area contributed by atoms with Crippen molar-refractivity contribution < 1.29 is 14.2 Å². The Balaban J connectivity index is 0.00000300. The van der Waals surface area contributed by atoms with Gasteiger partial charge in [-0.25, -0.2) is 0 Å². The molecule has 164 valence electrons. The zero-order valence-electron chi connectivity index (χ0n) is 17.5. The van der Waals surface area contributed by atoms with E-state index in [9.17, 15) is 0 Å². The van der Waals surface area contributed by atoms with E-state index in [0.717, 1.165) is 84.3 Å². The lowest BCUT2D eigenvalue weighted by atomic mass is 9.74. The van der Waals surface area contributed by atoms with E-state index in [1.165, 1.54) is 5.56 Å². The van der Waals surface area contributed by atoms with Crippen LogP contribution in [0.2, 0.25) is 0 Å². The molecule has 0 amide bonds. The minimum Gasteiger partial charge on any atom is -0.381 e. The molecule has 1 atom stereocenters. The van der Waals surface area contributed by atoms with Crippen LogP contribution in [0.15, 0.2) is 35.3 Å². The summed E-state index contributed by atoms with van der Waals surface area (Å²) in [6.45, 7) is 8.49. The van der Waals surface area contributed by atoms with Gasteiger partial charge in [-0.05, 0) is 38.2 Å². The molecule has 0 spiro atoms. The molecule has 2 aliphatic rings. The van der Waals surface area contributed by atoms with Crippen molar-refractivity contribution in [2.45, 2.75) is 44.1 Å². The van der Waals surface area contributed by atoms with E-state index in [1.807, 2.05) is 0 Å². The maximum Gasteiger partial charge on any atom is 0.191 e. The van der Waals surface area contributed by atoms with Gasteiger partial charge in [0, 0.05) is 44.9 Å². The first kappa shape index (κ1) is 24.4. The van der Waals surface area contributed by atoms with Gasteiger partial charge in [-0.1, -0.05) is 30.3 Å². The maximum atomic E-state index is 5.83. The molecule has 0 radical (unpaired) electrons. The fourth-order valence-corrected chi connectivity index (χ4v) is 3.84. The molecule has 1 unspecified atom stereocenters. The van der Waals surface area contributed by atoms with Crippen molar-refractivity contribution in [3.63, 3.8) is 0 Å². The topological polar surface area (TPSA) is 64.1 Å². The zero-order chi connectivity index (χ0) is 19.5. The Morgan fingerprint density at radius 2 is 1.93 bits per heavy atom. The first-order valence-corrected chi connectivity index (χ1v) is 10.7. The van der Waals surface area contributed by atoms with Crippen LogP contribution in [-0.2, 0) is 19.6 Å². The highest BCUT2D eigenvalue weighted by Gasteiger charge is 2.34. The van der Waals surface area contributed by atoms with Crippen molar-refractivity contribution in [2.75, 3.05) is 52.7 Å². The van der Waals surface area contributed by atoms with Crippen molar-refractivity contribution in [3.05, 3.63) is 35.9 Å². The summed E-state index contributed by atoms with van der Waals surface area (Å²) >= 11 is 0. The maximum absolute atomic E-state index is 5.83. The number of benzene rings is 1. The van der Waals surface area contributed by atoms with Gasteiger partial charge in [0.1, 0.15) is 0 Å². The lowest BCUT2D eigenvalue weighted by Gasteiger charge is -2.36. The highest BCUT2D eigenvalue weighted by atomic mass is 127. The molecule has 2 heterocycles. The molecular formula is C22H36IN3O3. The smallest absolute Gasteiger partial charge is 0.191 e. The SMILES string of the molecule is CCNC(=NCC1(c2ccccc2)CCOCC1)NCCCOC1CCOC1.I. The van der Waals surface area contributed by atoms with Gasteiger partial charge in [0.25, 0.3) is 0 Å². The number of rotatable bonds is 9. The number of halogens is 1. The van der Waals surface area contributed by atoms with E-state index in [0.29, 0.717) is 0 Å². The lowest BCUT2D eigenvalue weighted by molar-refractivity contribution is 0.0419. The molecule has 3 rings (SSSR count). The van der Waals surface area contributed by atoms with Crippen LogP contribution in [0.3, 0.4) is 0 Å². The molecule has 2 aliphatic heterocycles. The second-order valence-corrected chi connectivity index (χ2v) is 7.59. The van der Waals surface area contributed by atoms with Crippen molar-refractivity contribution in [1.29, 1.82) is 0 Å². The Kier molecular flexibility index (Phi) is 11.3. The number of nitrogens with zero attached hydrogens (tertiary/aromatic N) is 1. The molecule has 2 N–H and O–H groups in total. The number of hydrogen-bond donors (Lipinski definition) is 2. The third-order valence-corrected chi connectivity index (χ3v) is 5.58. The summed E-state index contributed by atoms with van der Waals surface area (Å²) in [4.78, 5) is 4.94. The van der Waals surface area contributed by atoms with Crippen LogP contribution in [0, 0.1) is 0 Å². The fourth-order valence-electron chi connectivity index (χ4n) is 3.84. The molecule has 6 nitrogen and oxygen atoms in total. The molecule has 7 heteroatoms. The van der Waals surface area contributed by atoms with Crippen LogP contribution in [0.4, 0.5) is 0 Å². The molecule has 1 aromatic carbocycles. The molecular weight excluding hydrogens is 481 g/mol. The van der Waals surface area contributed by atoms with E-state index in [1.54, 1.807) is 0 Å². The van der Waals surface area contributed by atoms with Gasteiger partial charge in [0.15, 0.2) is 5.96 Å². The quantitative estimate of drug-likeness (QED) is 0.228. The van der Waals surface area contributed by atoms with Crippen molar-refractivity contribution in [3.8, 4) is 0 Å². The normalized spacial score (nSPS) is 21.4. The Morgan fingerprint density at radius 3 is 2.62 bits per heavy atom. The van der Waals surface area contributed by atoms with Crippen molar-refractivity contribution in [2.24, 2.45) is 4.99 Å². The molecule has 0 saturated carbocycles. The number of aliphatic imine (C=N–C) groups is 1. The minimum atomic E-state index is 0. The van der Waals surface area contributed by atoms with E-state index >= 15 is 0 Å². The first-order chi connectivity index (χ1) is 13.8. The van der Waals surface area contributed by atoms with Crippen LogP contribution in [0.1, 0.15) is 38.2 Å². The van der Waals surface area contributed by atoms with Gasteiger partial charge >= 0.3 is 0 Å². The average molecular weight is 517 g/mol. The van der Waals surface area contributed by atoms with Gasteiger partial charge in [-0.3, -0.25) is 4.99 Å². The predicted molar refractivity (Wildman–Crippen MR) is 127 cm³/mol. The largest absolute Gasteiger partial charge is 0.381 e. The highest BCUT2D eigenvalue weighted by molar-refractivity contribution is 14.0. The molecule has 2 saturated heterocycles. The van der Waals surface area contributed by atoms with Crippen LogP contribution >= 0.6 is 24.0 Å². The van der Waals surface area contributed by atoms with Crippen LogP contribution in [-0.4, -0.2) is 64.7 Å². The molecule has 0 bridgehead atoms. The summed E-state index contributed by atoms with van der Waals surface area (Å²) < 4.78 is 16.8. The lowest BCUT2D eigenvalue weighted by Crippen LogP contribution is -2.41. The monoisotopic (exact) mass is 517 g/mol. The molecule has 0 aromatic heterocycles. The summed E-state index contributed by atoms with van der Waals surface area (Å²) in [7, 11) is 0. The van der Waals surface area contributed by atoms with Crippen molar-refractivity contribution >= 4 is 29.9 Å². The summed E-state index contributed by atoms with van der Waals surface area (Å²) in [6.07, 6.45) is 4.27. The van der Waals surface area contributed by atoms with Gasteiger partial charge in [-0.2, -0.15) is 0 Å². The van der Waals surface area contributed by atoms with Gasteiger partial charge in [-0.15, -0.1) is 24.0 Å². The van der Waals surface area contributed by atoms with Crippen molar-refractivity contribution in [1.82, 2.24) is 10.6 Å². The Morgan fingerprint density at radius 1 is 1.14 bits per heavy atom. The Labute approximate surface area is 192 Å². The zero-order valence-corrected chi connectivity index (χ0v) is 19.9. The van der Waals surface area contributed by atoms with Gasteiger partial charge in [0.05, 0.1) is 19.3 Å². The van der Waals surface area contributed by atoms with Crippen LogP contribution in [0.25, 0.3) is 0 Å². The standard InChI is InChI=1S/C22H35N3O3.HI/c1-2-23-21(24-12-6-13-28-20-9-14-27-17-20)25-18-22(10-15-26-16-11-22)19-7-4-3-5-8-19;/h3-5,7-8,20H,2,6,9-18H2,1H3,(H2,23,24,25);1H. The summed E-state index contributed by atoms with van der Waals surface area (Å²) in [5, 5.41) is 6.82. The third kappa shape index (κ3) is 7.70. The predicted octanol–water partition coefficient (Wildman–Crippen LogP) is 3.10. The van der Waals surface area contributed by atoms with E-state index in [2.05, 4.69) is 47.9 Å². The fraction of sp³-hybridized carbons (Fsp3) is 0.682. The van der Waals surface area contributed by atoms with E-state index in [-0.39, 0.29) is 35.5 Å². The first-order valence-electron chi connectivity index (χ1n) is 10.7. The summed E-state index contributed by atoms with van der Waals surface area (Å²) in [6, 6.07) is 10.8. The average Bonchev–Trinajstić information content (AvgIpc) is 3.26. The second-order valence-electron chi connectivity index (χ2n) is 7.59. The number of hydrogen-bond acceptors (Lipinski definition) is 4. The second kappa shape index (κ2) is 13.4. The number of guanidine groups is 1. The van der Waals surface area contributed by atoms with Crippen LogP contribution < -0.4 is 10.6 Å². The molecule has 1 aromatic rings. The Bertz CT molecular complexity index is 588. The highest BCUT2D eigenvalue weighted by Crippen LogP contribution is 2.35. The third-order valence-electron chi connectivity index (χ3n) is 5.58. The number of nitrogens with one attached hydrogen (secondary N) is 2. The number of ether oxygens (including phenoxy) is 3. The minimum absolute atomic E-state index is 0. The summed E-state index contributed by atoms with van der Waals surface area (Å²) in [5.41, 5.74) is 1.43. The molecule has 0 aliphatic carbocycles. The van der Waals surface area contributed by atoms with Gasteiger partial charge < -0.3 is 24.8 Å².